The Bertz CT molecular complexity index is 1110. The third-order valence-electron chi connectivity index (χ3n) is 5.46. The Balaban J connectivity index is 1.48. The van der Waals surface area contributed by atoms with Gasteiger partial charge in [-0.3, -0.25) is 9.58 Å². The molecular weight excluding hydrogens is 366 g/mol. The molecule has 4 heterocycles. The van der Waals surface area contributed by atoms with E-state index in [1.807, 2.05) is 40.9 Å². The predicted octanol–water partition coefficient (Wildman–Crippen LogP) is 2.49. The van der Waals surface area contributed by atoms with Gasteiger partial charge in [-0.25, -0.2) is 9.67 Å². The topological polar surface area (TPSA) is 76.8 Å². The van der Waals surface area contributed by atoms with Gasteiger partial charge < -0.3 is 9.72 Å². The first kappa shape index (κ1) is 17.7. The summed E-state index contributed by atoms with van der Waals surface area (Å²) in [6.45, 7) is 2.47. The fraction of sp³-hybridized carbons (Fsp3) is 0.286. The molecule has 1 unspecified atom stereocenters. The molecule has 0 saturated carbocycles. The first-order valence-corrected chi connectivity index (χ1v) is 9.61. The second-order valence-electron chi connectivity index (χ2n) is 7.38. The molecule has 1 aromatic carbocycles. The fourth-order valence-corrected chi connectivity index (χ4v) is 4.09. The minimum absolute atomic E-state index is 0.192. The fourth-order valence-electron chi connectivity index (χ4n) is 4.09. The van der Waals surface area contributed by atoms with Gasteiger partial charge >= 0.3 is 0 Å². The maximum atomic E-state index is 5.48. The van der Waals surface area contributed by atoms with Crippen LogP contribution >= 0.6 is 0 Å². The van der Waals surface area contributed by atoms with Gasteiger partial charge in [0.2, 0.25) is 0 Å². The van der Waals surface area contributed by atoms with Gasteiger partial charge in [-0.05, 0) is 29.8 Å². The molecule has 5 rings (SSSR count). The third kappa shape index (κ3) is 3.31. The highest BCUT2D eigenvalue weighted by Crippen LogP contribution is 2.33. The van der Waals surface area contributed by atoms with E-state index in [2.05, 4.69) is 43.4 Å². The number of benzene rings is 1. The summed E-state index contributed by atoms with van der Waals surface area (Å²) in [6, 6.07) is 8.07. The van der Waals surface area contributed by atoms with Gasteiger partial charge in [0.15, 0.2) is 0 Å². The number of nitrogens with one attached hydrogen (secondary N) is 1. The molecule has 0 saturated heterocycles. The molecule has 29 heavy (non-hydrogen) atoms. The number of methoxy groups -OCH3 is 1. The molecule has 3 aromatic heterocycles. The van der Waals surface area contributed by atoms with Crippen molar-refractivity contribution in [3.8, 4) is 11.4 Å². The highest BCUT2D eigenvalue weighted by atomic mass is 16.5. The maximum Gasteiger partial charge on any atom is 0.119 e. The number of imidazole rings is 1. The van der Waals surface area contributed by atoms with E-state index in [9.17, 15) is 0 Å². The largest absolute Gasteiger partial charge is 0.497 e. The summed E-state index contributed by atoms with van der Waals surface area (Å²) in [5.74, 6) is 1.04. The van der Waals surface area contributed by atoms with Crippen molar-refractivity contribution in [2.45, 2.75) is 19.0 Å². The van der Waals surface area contributed by atoms with Gasteiger partial charge in [-0.15, -0.1) is 0 Å². The van der Waals surface area contributed by atoms with Crippen LogP contribution in [-0.2, 0) is 20.1 Å². The van der Waals surface area contributed by atoms with Gasteiger partial charge in [0.05, 0.1) is 36.7 Å². The normalized spacial score (nSPS) is 16.7. The van der Waals surface area contributed by atoms with Crippen molar-refractivity contribution in [1.29, 1.82) is 0 Å². The van der Waals surface area contributed by atoms with Crippen LogP contribution in [0.3, 0.4) is 0 Å². The first-order valence-electron chi connectivity index (χ1n) is 9.61. The van der Waals surface area contributed by atoms with Crippen molar-refractivity contribution in [2.24, 2.45) is 7.05 Å². The average molecular weight is 389 g/mol. The van der Waals surface area contributed by atoms with E-state index in [-0.39, 0.29) is 5.92 Å². The zero-order chi connectivity index (χ0) is 19.8. The smallest absolute Gasteiger partial charge is 0.119 e. The SMILES string of the molecule is COc1ccc(-n2cccn2)c(CN2Cc3[nH]cnc3C(c3cnn(C)c3)C2)c1. The van der Waals surface area contributed by atoms with Crippen molar-refractivity contribution < 1.29 is 4.74 Å². The summed E-state index contributed by atoms with van der Waals surface area (Å²) < 4.78 is 9.23. The monoisotopic (exact) mass is 389 g/mol. The molecule has 148 valence electrons. The molecule has 0 amide bonds. The number of H-pyrrole nitrogens is 1. The standard InChI is InChI=1S/C21H23N7O/c1-26-10-16(9-25-26)18-12-27(13-19-21(18)23-14-22-19)11-15-8-17(29-2)4-5-20(15)28-7-3-6-24-28/h3-10,14,18H,11-13H2,1-2H3,(H,22,23). The number of rotatable bonds is 5. The van der Waals surface area contributed by atoms with Crippen LogP contribution in [0.1, 0.15) is 28.4 Å². The van der Waals surface area contributed by atoms with Crippen LogP contribution in [0.5, 0.6) is 5.75 Å². The molecule has 1 N–H and O–H groups in total. The minimum Gasteiger partial charge on any atom is -0.497 e. The maximum absolute atomic E-state index is 5.48. The lowest BCUT2D eigenvalue weighted by Crippen LogP contribution is -2.34. The number of ether oxygens (including phenoxy) is 1. The third-order valence-corrected chi connectivity index (χ3v) is 5.46. The van der Waals surface area contributed by atoms with Crippen molar-refractivity contribution in [2.75, 3.05) is 13.7 Å². The number of fused-ring (bicyclic) bond motifs is 1. The summed E-state index contributed by atoms with van der Waals surface area (Å²) in [6.07, 6.45) is 9.57. The van der Waals surface area contributed by atoms with Gasteiger partial charge in [0.1, 0.15) is 5.75 Å². The number of aromatic amines is 1. The molecule has 4 aromatic rings. The molecule has 8 heteroatoms. The van der Waals surface area contributed by atoms with Gasteiger partial charge in [-0.1, -0.05) is 0 Å². The van der Waals surface area contributed by atoms with Gasteiger partial charge in [-0.2, -0.15) is 10.2 Å². The highest BCUT2D eigenvalue weighted by Gasteiger charge is 2.30. The number of hydrogen-bond donors (Lipinski definition) is 1. The van der Waals surface area contributed by atoms with Crippen LogP contribution < -0.4 is 4.74 Å². The van der Waals surface area contributed by atoms with E-state index in [1.54, 1.807) is 19.6 Å². The molecule has 1 aliphatic rings. The summed E-state index contributed by atoms with van der Waals surface area (Å²) in [5, 5.41) is 8.78. The van der Waals surface area contributed by atoms with Crippen LogP contribution in [0, 0.1) is 0 Å². The van der Waals surface area contributed by atoms with Gasteiger partial charge in [0.25, 0.3) is 0 Å². The average Bonchev–Trinajstić information content (AvgIpc) is 3.49. The van der Waals surface area contributed by atoms with Crippen LogP contribution in [-0.4, -0.2) is 48.1 Å². The van der Waals surface area contributed by atoms with Crippen LogP contribution in [0.25, 0.3) is 5.69 Å². The van der Waals surface area contributed by atoms with Crippen molar-refractivity contribution in [3.05, 3.63) is 77.9 Å². The molecule has 1 atom stereocenters. The second kappa shape index (κ2) is 7.21. The molecule has 0 aliphatic carbocycles. The van der Waals surface area contributed by atoms with E-state index < -0.39 is 0 Å². The van der Waals surface area contributed by atoms with Crippen LogP contribution in [0.4, 0.5) is 0 Å². The zero-order valence-electron chi connectivity index (χ0n) is 16.5. The quantitative estimate of drug-likeness (QED) is 0.567. The van der Waals surface area contributed by atoms with E-state index in [1.165, 1.54) is 11.1 Å². The van der Waals surface area contributed by atoms with E-state index in [0.29, 0.717) is 0 Å². The lowest BCUT2D eigenvalue weighted by Gasteiger charge is -2.32. The predicted molar refractivity (Wildman–Crippen MR) is 108 cm³/mol. The van der Waals surface area contributed by atoms with Crippen molar-refractivity contribution in [3.63, 3.8) is 0 Å². The van der Waals surface area contributed by atoms with E-state index >= 15 is 0 Å². The Kier molecular flexibility index (Phi) is 4.40. The van der Waals surface area contributed by atoms with Crippen molar-refractivity contribution >= 4 is 0 Å². The molecule has 0 radical (unpaired) electrons. The Hall–Kier alpha value is -3.39. The second-order valence-corrected chi connectivity index (χ2v) is 7.38. The number of nitrogens with zero attached hydrogens (tertiary/aromatic N) is 6. The molecule has 8 nitrogen and oxygen atoms in total. The van der Waals surface area contributed by atoms with Crippen LogP contribution in [0.15, 0.2) is 55.4 Å². The molecule has 0 bridgehead atoms. The molecule has 0 spiro atoms. The summed E-state index contributed by atoms with van der Waals surface area (Å²) >= 11 is 0. The lowest BCUT2D eigenvalue weighted by molar-refractivity contribution is 0.227. The highest BCUT2D eigenvalue weighted by molar-refractivity contribution is 5.45. The summed E-state index contributed by atoms with van der Waals surface area (Å²) in [5.41, 5.74) is 5.69. The van der Waals surface area contributed by atoms with Gasteiger partial charge in [0, 0.05) is 56.8 Å². The Labute approximate surface area is 168 Å². The minimum atomic E-state index is 0.192. The Morgan fingerprint density at radius 3 is 2.97 bits per heavy atom. The van der Waals surface area contributed by atoms with E-state index in [4.69, 9.17) is 4.74 Å². The van der Waals surface area contributed by atoms with E-state index in [0.717, 1.165) is 42.5 Å². The first-order chi connectivity index (χ1) is 14.2. The summed E-state index contributed by atoms with van der Waals surface area (Å²) in [4.78, 5) is 10.4. The number of hydrogen-bond acceptors (Lipinski definition) is 5. The molecular formula is C21H23N7O. The Morgan fingerprint density at radius 2 is 2.21 bits per heavy atom. The lowest BCUT2D eigenvalue weighted by atomic mass is 9.93. The Morgan fingerprint density at radius 1 is 1.28 bits per heavy atom. The molecule has 1 aliphatic heterocycles. The molecule has 0 fully saturated rings. The number of aromatic nitrogens is 6. The zero-order valence-corrected chi connectivity index (χ0v) is 16.5. The van der Waals surface area contributed by atoms with Crippen molar-refractivity contribution in [1.82, 2.24) is 34.4 Å². The van der Waals surface area contributed by atoms with Crippen LogP contribution in [0.2, 0.25) is 0 Å². The number of aryl methyl sites for hydroxylation is 1. The summed E-state index contributed by atoms with van der Waals surface area (Å²) in [7, 11) is 3.64.